The van der Waals surface area contributed by atoms with E-state index < -0.39 is 31.8 Å². The Hall–Kier alpha value is -3.18. The summed E-state index contributed by atoms with van der Waals surface area (Å²) < 4.78 is 0. The van der Waals surface area contributed by atoms with Gasteiger partial charge < -0.3 is 0 Å². The van der Waals surface area contributed by atoms with Crippen LogP contribution in [0.3, 0.4) is 0 Å². The molecule has 12 nitrogen and oxygen atoms in total. The second kappa shape index (κ2) is 6.98. The molecule has 0 N–H and O–H groups in total. The Labute approximate surface area is 146 Å². The maximum Gasteiger partial charge on any atom is 0.308 e. The van der Waals surface area contributed by atoms with Crippen LogP contribution >= 0.6 is 0 Å². The summed E-state index contributed by atoms with van der Waals surface area (Å²) in [5, 5.41) is 43.3. The van der Waals surface area contributed by atoms with Crippen LogP contribution in [-0.4, -0.2) is 26.9 Å². The molecule has 0 amide bonds. The number of anilines is 1. The van der Waals surface area contributed by atoms with E-state index in [-0.39, 0.29) is 17.8 Å². The molecule has 138 valence electrons. The lowest BCUT2D eigenvalue weighted by Gasteiger charge is -2.26. The first-order valence-corrected chi connectivity index (χ1v) is 8.21. The molecule has 1 aliphatic heterocycles. The monoisotopic (exact) mass is 364 g/mol. The largest absolute Gasteiger partial charge is 0.308 e. The number of hydrogen-bond acceptors (Lipinski definition) is 9. The fraction of sp³-hybridized carbons (Fsp3) is 0.571. The molecule has 0 radical (unpaired) electrons. The molecule has 1 aliphatic carbocycles. The summed E-state index contributed by atoms with van der Waals surface area (Å²) in [6, 6.07) is 0.946. The maximum absolute atomic E-state index is 11.5. The zero-order valence-electron chi connectivity index (χ0n) is 13.7. The van der Waals surface area contributed by atoms with Gasteiger partial charge in [-0.1, -0.05) is 30.9 Å². The van der Waals surface area contributed by atoms with E-state index in [1.165, 1.54) is 5.01 Å². The number of nitro benzene ring substituents is 3. The number of rotatable bonds is 4. The lowest BCUT2D eigenvalue weighted by Crippen LogP contribution is -2.36. The Balaban J connectivity index is 2.13. The fourth-order valence-corrected chi connectivity index (χ4v) is 3.47. The van der Waals surface area contributed by atoms with E-state index in [0.717, 1.165) is 44.2 Å². The van der Waals surface area contributed by atoms with Gasteiger partial charge in [0.2, 0.25) is 5.69 Å². The van der Waals surface area contributed by atoms with Crippen molar-refractivity contribution in [3.63, 3.8) is 0 Å². The van der Waals surface area contributed by atoms with Crippen LogP contribution < -0.4 is 5.01 Å². The summed E-state index contributed by atoms with van der Waals surface area (Å²) in [6.45, 7) is 0. The topological polar surface area (TPSA) is 157 Å². The summed E-state index contributed by atoms with van der Waals surface area (Å²) in [6.07, 6.45) is 5.26. The van der Waals surface area contributed by atoms with Gasteiger partial charge in [-0.3, -0.25) is 30.3 Å². The fourth-order valence-electron chi connectivity index (χ4n) is 3.47. The molecule has 0 spiro atoms. The van der Waals surface area contributed by atoms with Crippen LogP contribution in [0, 0.1) is 30.3 Å². The standard InChI is InChI=1S/C14H16N6O6/c21-18(22)9-7-12(19(23)24)14(13(8-9)20(25)26)17-11-6-4-2-1-3-5-10(11)15-16-17/h7-8,10-11H,1-6H2. The molecule has 2 aliphatic rings. The van der Waals surface area contributed by atoms with Crippen LogP contribution in [0.4, 0.5) is 22.7 Å². The lowest BCUT2D eigenvalue weighted by molar-refractivity contribution is -0.402. The number of benzene rings is 1. The third kappa shape index (κ3) is 3.17. The molecular weight excluding hydrogens is 348 g/mol. The summed E-state index contributed by atoms with van der Waals surface area (Å²) in [4.78, 5) is 31.3. The van der Waals surface area contributed by atoms with Gasteiger partial charge in [0.05, 0.1) is 39.0 Å². The van der Waals surface area contributed by atoms with E-state index in [1.807, 2.05) is 0 Å². The van der Waals surface area contributed by atoms with Crippen molar-refractivity contribution in [3.8, 4) is 0 Å². The highest BCUT2D eigenvalue weighted by Gasteiger charge is 2.42. The van der Waals surface area contributed by atoms with Crippen molar-refractivity contribution in [2.45, 2.75) is 50.6 Å². The molecule has 12 heteroatoms. The molecule has 3 rings (SSSR count). The zero-order valence-corrected chi connectivity index (χ0v) is 13.7. The molecule has 2 unspecified atom stereocenters. The van der Waals surface area contributed by atoms with Gasteiger partial charge in [-0.2, -0.15) is 5.11 Å². The SMILES string of the molecule is O=[N+]([O-])c1cc([N+](=O)[O-])c(N2N=NC3CCCCCCC32)c([N+](=O)[O-])c1. The number of nitro groups is 3. The second-order valence-corrected chi connectivity index (χ2v) is 6.28. The lowest BCUT2D eigenvalue weighted by atomic mass is 9.92. The Bertz CT molecular complexity index is 761. The van der Waals surface area contributed by atoms with Crippen molar-refractivity contribution >= 4 is 22.7 Å². The van der Waals surface area contributed by atoms with Gasteiger partial charge in [0, 0.05) is 0 Å². The molecule has 0 saturated heterocycles. The van der Waals surface area contributed by atoms with Crippen molar-refractivity contribution in [1.82, 2.24) is 0 Å². The maximum atomic E-state index is 11.5. The first-order chi connectivity index (χ1) is 12.4. The number of nitrogens with zero attached hydrogens (tertiary/aromatic N) is 6. The van der Waals surface area contributed by atoms with Crippen molar-refractivity contribution in [3.05, 3.63) is 42.5 Å². The minimum Gasteiger partial charge on any atom is -0.258 e. The van der Waals surface area contributed by atoms with Crippen LogP contribution in [-0.2, 0) is 0 Å². The van der Waals surface area contributed by atoms with Gasteiger partial charge in [0.1, 0.15) is 0 Å². The summed E-state index contributed by atoms with van der Waals surface area (Å²) in [7, 11) is 0. The van der Waals surface area contributed by atoms with Crippen molar-refractivity contribution in [2.24, 2.45) is 10.3 Å². The molecule has 1 aromatic rings. The van der Waals surface area contributed by atoms with Gasteiger partial charge >= 0.3 is 11.4 Å². The molecule has 1 aromatic carbocycles. The summed E-state index contributed by atoms with van der Waals surface area (Å²) in [5.74, 6) is 0. The first kappa shape index (κ1) is 17.6. The normalized spacial score (nSPS) is 22.4. The minimum atomic E-state index is -0.895. The quantitative estimate of drug-likeness (QED) is 0.582. The second-order valence-electron chi connectivity index (χ2n) is 6.28. The number of fused-ring (bicyclic) bond motifs is 1. The summed E-state index contributed by atoms with van der Waals surface area (Å²) in [5.41, 5.74) is -2.49. The Morgan fingerprint density at radius 3 is 2.00 bits per heavy atom. The van der Waals surface area contributed by atoms with Gasteiger partial charge in [0.15, 0.2) is 0 Å². The number of hydrogen-bond donors (Lipinski definition) is 0. The van der Waals surface area contributed by atoms with E-state index >= 15 is 0 Å². The third-order valence-electron chi connectivity index (χ3n) is 4.69. The van der Waals surface area contributed by atoms with Crippen LogP contribution in [0.5, 0.6) is 0 Å². The highest BCUT2D eigenvalue weighted by atomic mass is 16.6. The van der Waals surface area contributed by atoms with E-state index in [4.69, 9.17) is 0 Å². The van der Waals surface area contributed by atoms with Crippen LogP contribution in [0.15, 0.2) is 22.5 Å². The zero-order chi connectivity index (χ0) is 18.8. The van der Waals surface area contributed by atoms with Crippen LogP contribution in [0.2, 0.25) is 0 Å². The molecular formula is C14H16N6O6. The van der Waals surface area contributed by atoms with Crippen molar-refractivity contribution in [1.29, 1.82) is 0 Å². The number of non-ortho nitro benzene ring substituents is 1. The predicted molar refractivity (Wildman–Crippen MR) is 89.0 cm³/mol. The average Bonchev–Trinajstić information content (AvgIpc) is 2.94. The average molecular weight is 364 g/mol. The van der Waals surface area contributed by atoms with Gasteiger partial charge in [-0.05, 0) is 12.8 Å². The molecule has 1 saturated carbocycles. The van der Waals surface area contributed by atoms with Crippen molar-refractivity contribution in [2.75, 3.05) is 5.01 Å². The van der Waals surface area contributed by atoms with Crippen LogP contribution in [0.1, 0.15) is 38.5 Å². The molecule has 26 heavy (non-hydrogen) atoms. The van der Waals surface area contributed by atoms with E-state index in [9.17, 15) is 30.3 Å². The molecule has 2 atom stereocenters. The molecule has 1 fully saturated rings. The molecule has 1 heterocycles. The van der Waals surface area contributed by atoms with Gasteiger partial charge in [0.25, 0.3) is 5.69 Å². The summed E-state index contributed by atoms with van der Waals surface area (Å²) >= 11 is 0. The van der Waals surface area contributed by atoms with E-state index in [1.54, 1.807) is 0 Å². The Kier molecular flexibility index (Phi) is 4.73. The third-order valence-corrected chi connectivity index (χ3v) is 4.69. The highest BCUT2D eigenvalue weighted by Crippen LogP contribution is 2.45. The minimum absolute atomic E-state index is 0.190. The van der Waals surface area contributed by atoms with Gasteiger partial charge in [-0.25, -0.2) is 5.01 Å². The first-order valence-electron chi connectivity index (χ1n) is 8.21. The molecule has 0 aromatic heterocycles. The Morgan fingerprint density at radius 1 is 0.885 bits per heavy atom. The molecule has 0 bridgehead atoms. The highest BCUT2D eigenvalue weighted by molar-refractivity contribution is 5.78. The predicted octanol–water partition coefficient (Wildman–Crippen LogP) is 3.69. The smallest absolute Gasteiger partial charge is 0.258 e. The van der Waals surface area contributed by atoms with Crippen LogP contribution in [0.25, 0.3) is 0 Å². The Morgan fingerprint density at radius 2 is 1.46 bits per heavy atom. The van der Waals surface area contributed by atoms with Crippen molar-refractivity contribution < 1.29 is 14.8 Å². The van der Waals surface area contributed by atoms with Gasteiger partial charge in [-0.15, -0.1) is 0 Å². The van der Waals surface area contributed by atoms with E-state index in [0.29, 0.717) is 6.42 Å². The van der Waals surface area contributed by atoms with E-state index in [2.05, 4.69) is 10.3 Å².